The summed E-state index contributed by atoms with van der Waals surface area (Å²) in [6.45, 7) is 0.915. The zero-order valence-corrected chi connectivity index (χ0v) is 9.94. The molecule has 0 spiro atoms. The number of nitriles is 1. The normalized spacial score (nSPS) is 18.7. The van der Waals surface area contributed by atoms with E-state index in [2.05, 4.69) is 4.98 Å². The molecule has 2 rings (SSSR count). The molecule has 1 aliphatic rings. The van der Waals surface area contributed by atoms with E-state index in [0.29, 0.717) is 18.7 Å². The number of hydrogen-bond donors (Lipinski definition) is 1. The summed E-state index contributed by atoms with van der Waals surface area (Å²) in [4.78, 5) is 28.0. The Morgan fingerprint density at radius 1 is 1.53 bits per heavy atom. The molecular weight excluding hydrogens is 250 g/mol. The van der Waals surface area contributed by atoms with Crippen molar-refractivity contribution in [3.8, 4) is 6.07 Å². The van der Waals surface area contributed by atoms with Crippen LogP contribution in [0.2, 0.25) is 0 Å². The predicted molar refractivity (Wildman–Crippen MR) is 62.5 cm³/mol. The lowest BCUT2D eigenvalue weighted by atomic mass is 10.2. The second kappa shape index (κ2) is 5.46. The average Bonchev–Trinajstić information content (AvgIpc) is 2.46. The Labute approximate surface area is 109 Å². The van der Waals surface area contributed by atoms with Gasteiger partial charge in [0.15, 0.2) is 6.10 Å². The summed E-state index contributed by atoms with van der Waals surface area (Å²) in [5.74, 6) is -1.43. The Bertz CT molecular complexity index is 535. The molecule has 1 aromatic rings. The van der Waals surface area contributed by atoms with Crippen LogP contribution < -0.4 is 0 Å². The monoisotopic (exact) mass is 261 g/mol. The zero-order chi connectivity index (χ0) is 13.8. The minimum atomic E-state index is -1.14. The molecule has 1 unspecified atom stereocenters. The molecule has 7 nitrogen and oxygen atoms in total. The third-order valence-electron chi connectivity index (χ3n) is 2.73. The molecular formula is C12H11N3O4. The van der Waals surface area contributed by atoms with Crippen molar-refractivity contribution in [3.63, 3.8) is 0 Å². The Balaban J connectivity index is 2.11. The van der Waals surface area contributed by atoms with Gasteiger partial charge in [0.1, 0.15) is 5.69 Å². The zero-order valence-electron chi connectivity index (χ0n) is 9.94. The highest BCUT2D eigenvalue weighted by molar-refractivity contribution is 5.95. The molecule has 7 heteroatoms. The van der Waals surface area contributed by atoms with E-state index in [4.69, 9.17) is 15.1 Å². The topological polar surface area (TPSA) is 104 Å². The third-order valence-corrected chi connectivity index (χ3v) is 2.73. The summed E-state index contributed by atoms with van der Waals surface area (Å²) in [5.41, 5.74) is 0.178. The lowest BCUT2D eigenvalue weighted by molar-refractivity contribution is 0.00344. The maximum absolute atomic E-state index is 12.1. The van der Waals surface area contributed by atoms with Crippen LogP contribution in [-0.2, 0) is 4.74 Å². The average molecular weight is 261 g/mol. The van der Waals surface area contributed by atoms with Gasteiger partial charge in [0, 0.05) is 12.7 Å². The number of morpholine rings is 1. The molecule has 1 saturated heterocycles. The second-order valence-corrected chi connectivity index (χ2v) is 3.98. The number of aromatic carboxylic acids is 1. The van der Waals surface area contributed by atoms with Gasteiger partial charge in [0.2, 0.25) is 0 Å². The summed E-state index contributed by atoms with van der Waals surface area (Å²) in [7, 11) is 0. The first kappa shape index (κ1) is 13.0. The van der Waals surface area contributed by atoms with E-state index >= 15 is 0 Å². The lowest BCUT2D eigenvalue weighted by Crippen LogP contribution is -2.45. The fourth-order valence-electron chi connectivity index (χ4n) is 1.74. The number of carbonyl (C=O) groups excluding carboxylic acids is 1. The van der Waals surface area contributed by atoms with E-state index in [1.54, 1.807) is 0 Å². The molecule has 1 atom stereocenters. The molecule has 19 heavy (non-hydrogen) atoms. The van der Waals surface area contributed by atoms with Gasteiger partial charge in [-0.1, -0.05) is 0 Å². The molecule has 98 valence electrons. The summed E-state index contributed by atoms with van der Waals surface area (Å²) in [6.07, 6.45) is 0.603. The van der Waals surface area contributed by atoms with Gasteiger partial charge in [0.25, 0.3) is 5.91 Å². The highest BCUT2D eigenvalue weighted by atomic mass is 16.5. The minimum Gasteiger partial charge on any atom is -0.477 e. The van der Waals surface area contributed by atoms with Crippen LogP contribution in [0, 0.1) is 11.3 Å². The van der Waals surface area contributed by atoms with Crippen molar-refractivity contribution in [3.05, 3.63) is 29.6 Å². The number of carboxylic acid groups (broad SMARTS) is 1. The molecule has 1 fully saturated rings. The van der Waals surface area contributed by atoms with Gasteiger partial charge in [-0.15, -0.1) is 0 Å². The van der Waals surface area contributed by atoms with E-state index in [0.717, 1.165) is 0 Å². The number of amides is 1. The van der Waals surface area contributed by atoms with Gasteiger partial charge < -0.3 is 14.7 Å². The van der Waals surface area contributed by atoms with Crippen molar-refractivity contribution >= 4 is 11.9 Å². The molecule has 1 aliphatic heterocycles. The Morgan fingerprint density at radius 2 is 2.32 bits per heavy atom. The highest BCUT2D eigenvalue weighted by Crippen LogP contribution is 2.10. The quantitative estimate of drug-likeness (QED) is 0.812. The molecule has 0 saturated carbocycles. The smallest absolute Gasteiger partial charge is 0.354 e. The van der Waals surface area contributed by atoms with E-state index < -0.39 is 12.1 Å². The Morgan fingerprint density at radius 3 is 2.89 bits per heavy atom. The molecule has 0 bridgehead atoms. The maximum Gasteiger partial charge on any atom is 0.354 e. The van der Waals surface area contributed by atoms with Crippen LogP contribution in [0.4, 0.5) is 0 Å². The number of aromatic nitrogens is 1. The fraction of sp³-hybridized carbons (Fsp3) is 0.333. The van der Waals surface area contributed by atoms with E-state index in [1.165, 1.54) is 23.2 Å². The largest absolute Gasteiger partial charge is 0.477 e. The summed E-state index contributed by atoms with van der Waals surface area (Å²) < 4.78 is 5.15. The van der Waals surface area contributed by atoms with Crippen LogP contribution in [0.1, 0.15) is 20.8 Å². The van der Waals surface area contributed by atoms with Crippen molar-refractivity contribution in [2.75, 3.05) is 19.7 Å². The summed E-state index contributed by atoms with van der Waals surface area (Å²) in [6, 6.07) is 4.64. The molecule has 0 radical (unpaired) electrons. The molecule has 1 aromatic heterocycles. The number of carboxylic acids is 1. The van der Waals surface area contributed by atoms with Crippen LogP contribution >= 0.6 is 0 Å². The number of hydrogen-bond acceptors (Lipinski definition) is 5. The van der Waals surface area contributed by atoms with E-state index in [9.17, 15) is 9.59 Å². The van der Waals surface area contributed by atoms with Gasteiger partial charge in [-0.25, -0.2) is 9.78 Å². The summed E-state index contributed by atoms with van der Waals surface area (Å²) >= 11 is 0. The fourth-order valence-corrected chi connectivity index (χ4v) is 1.74. The third kappa shape index (κ3) is 2.86. The van der Waals surface area contributed by atoms with Gasteiger partial charge >= 0.3 is 5.97 Å². The SMILES string of the molecule is N#CC1CN(C(=O)c2ccc(C(=O)O)nc2)CCO1. The molecule has 1 N–H and O–H groups in total. The number of nitrogens with zero attached hydrogens (tertiary/aromatic N) is 3. The minimum absolute atomic E-state index is 0.117. The van der Waals surface area contributed by atoms with Gasteiger partial charge in [0.05, 0.1) is 24.8 Å². The number of ether oxygens (including phenoxy) is 1. The summed E-state index contributed by atoms with van der Waals surface area (Å²) in [5, 5.41) is 17.5. The standard InChI is InChI=1S/C12H11N3O4/c13-5-9-7-15(3-4-19-9)11(16)8-1-2-10(12(17)18)14-6-8/h1-2,6,9H,3-4,7H2,(H,17,18). The van der Waals surface area contributed by atoms with Crippen LogP contribution in [0.25, 0.3) is 0 Å². The second-order valence-electron chi connectivity index (χ2n) is 3.98. The van der Waals surface area contributed by atoms with E-state index in [-0.39, 0.29) is 18.1 Å². The molecule has 0 aliphatic carbocycles. The molecule has 2 heterocycles. The van der Waals surface area contributed by atoms with Crippen molar-refractivity contribution in [1.82, 2.24) is 9.88 Å². The Kier molecular flexibility index (Phi) is 3.73. The lowest BCUT2D eigenvalue weighted by Gasteiger charge is -2.29. The first-order chi connectivity index (χ1) is 9.11. The molecule has 1 amide bonds. The first-order valence-electron chi connectivity index (χ1n) is 5.61. The van der Waals surface area contributed by atoms with Crippen molar-refractivity contribution in [2.45, 2.75) is 6.10 Å². The van der Waals surface area contributed by atoms with Crippen LogP contribution in [0.5, 0.6) is 0 Å². The van der Waals surface area contributed by atoms with Crippen molar-refractivity contribution in [2.24, 2.45) is 0 Å². The van der Waals surface area contributed by atoms with Crippen molar-refractivity contribution in [1.29, 1.82) is 5.26 Å². The van der Waals surface area contributed by atoms with Crippen molar-refractivity contribution < 1.29 is 19.4 Å². The van der Waals surface area contributed by atoms with Crippen LogP contribution in [-0.4, -0.2) is 52.7 Å². The van der Waals surface area contributed by atoms with Gasteiger partial charge in [-0.3, -0.25) is 4.79 Å². The highest BCUT2D eigenvalue weighted by Gasteiger charge is 2.25. The molecule has 0 aromatic carbocycles. The first-order valence-corrected chi connectivity index (χ1v) is 5.61. The Hall–Kier alpha value is -2.46. The van der Waals surface area contributed by atoms with Crippen LogP contribution in [0.3, 0.4) is 0 Å². The van der Waals surface area contributed by atoms with Gasteiger partial charge in [-0.05, 0) is 12.1 Å². The maximum atomic E-state index is 12.1. The number of carbonyl (C=O) groups is 2. The van der Waals surface area contributed by atoms with E-state index in [1.807, 2.05) is 6.07 Å². The van der Waals surface area contributed by atoms with Crippen LogP contribution in [0.15, 0.2) is 18.3 Å². The van der Waals surface area contributed by atoms with Gasteiger partial charge in [-0.2, -0.15) is 5.26 Å². The predicted octanol–water partition coefficient (Wildman–Crippen LogP) is 0.144. The number of pyridine rings is 1. The number of rotatable bonds is 2.